The van der Waals surface area contributed by atoms with Gasteiger partial charge in [-0.3, -0.25) is 28.9 Å². The van der Waals surface area contributed by atoms with Crippen molar-refractivity contribution in [3.8, 4) is 0 Å². The smallest absolute Gasteiger partial charge is 0.308 e. The van der Waals surface area contributed by atoms with E-state index < -0.39 is 29.9 Å². The van der Waals surface area contributed by atoms with Gasteiger partial charge in [0.25, 0.3) is 5.91 Å². The van der Waals surface area contributed by atoms with E-state index in [0.29, 0.717) is 17.8 Å². The van der Waals surface area contributed by atoms with E-state index in [2.05, 4.69) is 20.5 Å². The van der Waals surface area contributed by atoms with Gasteiger partial charge in [-0.1, -0.05) is 57.5 Å². The van der Waals surface area contributed by atoms with Crippen LogP contribution in [0.1, 0.15) is 99.8 Å². The summed E-state index contributed by atoms with van der Waals surface area (Å²) < 4.78 is 10.7. The van der Waals surface area contributed by atoms with Crippen LogP contribution in [0, 0.1) is 17.8 Å². The summed E-state index contributed by atoms with van der Waals surface area (Å²) in [5, 5.41) is 8.22. The summed E-state index contributed by atoms with van der Waals surface area (Å²) in [5.41, 5.74) is 1.18. The van der Waals surface area contributed by atoms with Crippen LogP contribution in [0.3, 0.4) is 0 Å². The molecular weight excluding hydrogens is 671 g/mol. The molecule has 1 saturated heterocycles. The summed E-state index contributed by atoms with van der Waals surface area (Å²) in [6.07, 6.45) is 4.92. The van der Waals surface area contributed by atoms with Crippen LogP contribution >= 0.6 is 11.3 Å². The fraction of sp³-hybridized carbons (Fsp3) is 0.632. The second-order valence-corrected chi connectivity index (χ2v) is 15.4. The largest absolute Gasteiger partial charge is 0.469 e. The summed E-state index contributed by atoms with van der Waals surface area (Å²) in [4.78, 5) is 73.9. The maximum Gasteiger partial charge on any atom is 0.308 e. The van der Waals surface area contributed by atoms with E-state index in [4.69, 9.17) is 9.47 Å². The van der Waals surface area contributed by atoms with Crippen molar-refractivity contribution in [1.82, 2.24) is 25.4 Å². The molecule has 1 aliphatic heterocycles. The van der Waals surface area contributed by atoms with Crippen LogP contribution in [0.25, 0.3) is 0 Å². The van der Waals surface area contributed by atoms with Gasteiger partial charge in [-0.2, -0.15) is 0 Å². The number of hydrogen-bond donors (Lipinski definition) is 2. The molecule has 2 fully saturated rings. The Morgan fingerprint density at radius 1 is 1.02 bits per heavy atom. The number of rotatable bonds is 17. The van der Waals surface area contributed by atoms with Gasteiger partial charge in [-0.05, 0) is 69.5 Å². The first-order chi connectivity index (χ1) is 24.3. The number of amides is 3. The first-order valence-electron chi connectivity index (χ1n) is 18.1. The fourth-order valence-corrected chi connectivity index (χ4v) is 7.80. The van der Waals surface area contributed by atoms with Crippen molar-refractivity contribution < 1.29 is 33.4 Å². The van der Waals surface area contributed by atoms with Gasteiger partial charge in [-0.25, -0.2) is 4.98 Å². The molecule has 1 aromatic heterocycles. The third-order valence-electron chi connectivity index (χ3n) is 10.0. The predicted molar refractivity (Wildman–Crippen MR) is 195 cm³/mol. The molecule has 1 saturated carbocycles. The predicted octanol–water partition coefficient (Wildman–Crippen LogP) is 4.54. The van der Waals surface area contributed by atoms with Crippen molar-refractivity contribution in [2.24, 2.45) is 17.8 Å². The van der Waals surface area contributed by atoms with Crippen molar-refractivity contribution in [3.63, 3.8) is 0 Å². The van der Waals surface area contributed by atoms with Crippen LogP contribution in [0.4, 0.5) is 0 Å². The Kier molecular flexibility index (Phi) is 14.6. The summed E-state index contributed by atoms with van der Waals surface area (Å²) in [6, 6.07) is 8.12. The van der Waals surface area contributed by atoms with Gasteiger partial charge in [0.2, 0.25) is 11.8 Å². The van der Waals surface area contributed by atoms with Crippen LogP contribution in [0.5, 0.6) is 0 Å². The highest BCUT2D eigenvalue weighted by atomic mass is 32.1. The molecular formula is C38H55N5O7S. The molecule has 2 aromatic rings. The van der Waals surface area contributed by atoms with Gasteiger partial charge in [-0.15, -0.1) is 11.3 Å². The molecule has 6 atom stereocenters. The number of aromatic nitrogens is 1. The summed E-state index contributed by atoms with van der Waals surface area (Å²) in [6.45, 7) is 7.96. The van der Waals surface area contributed by atoms with Gasteiger partial charge < -0.3 is 25.0 Å². The number of thiazole rings is 1. The van der Waals surface area contributed by atoms with E-state index >= 15 is 0 Å². The molecule has 0 radical (unpaired) electrons. The molecule has 0 bridgehead atoms. The monoisotopic (exact) mass is 725 g/mol. The number of carbonyl (C=O) groups excluding carboxylic acids is 5. The first kappa shape index (κ1) is 39.9. The maximum absolute atomic E-state index is 14.1. The van der Waals surface area contributed by atoms with Crippen molar-refractivity contribution in [3.05, 3.63) is 52.0 Å². The third kappa shape index (κ3) is 11.3. The molecule has 0 spiro atoms. The van der Waals surface area contributed by atoms with Crippen molar-refractivity contribution in [2.45, 2.75) is 109 Å². The minimum Gasteiger partial charge on any atom is -0.469 e. The number of benzene rings is 1. The Labute approximate surface area is 306 Å². The lowest BCUT2D eigenvalue weighted by Crippen LogP contribution is -2.56. The molecule has 0 unspecified atom stereocenters. The lowest BCUT2D eigenvalue weighted by atomic mass is 9.95. The lowest BCUT2D eigenvalue weighted by molar-refractivity contribution is -0.149. The number of hydrogen-bond acceptors (Lipinski definition) is 10. The van der Waals surface area contributed by atoms with Crippen LogP contribution in [-0.2, 0) is 35.1 Å². The molecule has 12 nitrogen and oxygen atoms in total. The molecule has 3 amide bonds. The van der Waals surface area contributed by atoms with Gasteiger partial charge >= 0.3 is 11.9 Å². The second-order valence-electron chi connectivity index (χ2n) is 14.5. The van der Waals surface area contributed by atoms with Crippen LogP contribution in [0.2, 0.25) is 0 Å². The zero-order valence-corrected chi connectivity index (χ0v) is 31.9. The summed E-state index contributed by atoms with van der Waals surface area (Å²) >= 11 is 1.21. The number of nitrogens with one attached hydrogen (secondary N) is 2. The topological polar surface area (TPSA) is 147 Å². The van der Waals surface area contributed by atoms with Crippen LogP contribution in [-0.4, -0.2) is 96.4 Å². The van der Waals surface area contributed by atoms with Gasteiger partial charge in [0.1, 0.15) is 16.7 Å². The average Bonchev–Trinajstić information content (AvgIpc) is 3.82. The highest BCUT2D eigenvalue weighted by Crippen LogP contribution is 2.36. The van der Waals surface area contributed by atoms with E-state index in [1.165, 1.54) is 25.4 Å². The number of ether oxygens (including phenoxy) is 2. The third-order valence-corrected chi connectivity index (χ3v) is 11.0. The number of methoxy groups -OCH3 is 1. The second kappa shape index (κ2) is 18.6. The Morgan fingerprint density at radius 3 is 2.33 bits per heavy atom. The number of likely N-dealkylation sites (tertiary alicyclic amines) is 1. The molecule has 1 aromatic carbocycles. The molecule has 2 N–H and O–H groups in total. The Bertz CT molecular complexity index is 1500. The van der Waals surface area contributed by atoms with E-state index in [9.17, 15) is 24.0 Å². The van der Waals surface area contributed by atoms with E-state index in [0.717, 1.165) is 44.2 Å². The SMILES string of the molecule is COC(=O)[C@@H](C)C[C@H](Cc1ccccc1)NC(=O)c1csc([C@@H](C[C@H](C(C)C)N(C)C(=O)[C@@H](NC(=O)[C@H]2CCCCN2C)C2CC2)OC(C)=O)n1. The van der Waals surface area contributed by atoms with Gasteiger partial charge in [0.05, 0.1) is 19.1 Å². The quantitative estimate of drug-likeness (QED) is 0.225. The molecule has 13 heteroatoms. The van der Waals surface area contributed by atoms with Gasteiger partial charge in [0, 0.05) is 37.9 Å². The van der Waals surface area contributed by atoms with E-state index in [1.54, 1.807) is 24.3 Å². The van der Waals surface area contributed by atoms with Crippen molar-refractivity contribution >= 4 is 41.0 Å². The molecule has 2 aliphatic rings. The molecule has 4 rings (SSSR count). The summed E-state index contributed by atoms with van der Waals surface area (Å²) in [5.74, 6) is -1.88. The highest BCUT2D eigenvalue weighted by molar-refractivity contribution is 7.09. The van der Waals surface area contributed by atoms with E-state index in [1.807, 2.05) is 51.2 Å². The maximum atomic E-state index is 14.1. The minimum atomic E-state index is -0.805. The Morgan fingerprint density at radius 2 is 1.73 bits per heavy atom. The van der Waals surface area contributed by atoms with Crippen LogP contribution < -0.4 is 10.6 Å². The molecule has 51 heavy (non-hydrogen) atoms. The average molecular weight is 726 g/mol. The van der Waals surface area contributed by atoms with E-state index in [-0.39, 0.29) is 59.9 Å². The fourth-order valence-electron chi connectivity index (χ4n) is 6.96. The van der Waals surface area contributed by atoms with Crippen molar-refractivity contribution in [1.29, 1.82) is 0 Å². The van der Waals surface area contributed by atoms with Gasteiger partial charge in [0.15, 0.2) is 6.10 Å². The number of carbonyl (C=O) groups is 5. The number of likely N-dealkylation sites (N-methyl/N-ethyl adjacent to an activating group) is 2. The van der Waals surface area contributed by atoms with Crippen molar-refractivity contribution in [2.75, 3.05) is 27.7 Å². The standard InChI is InChI=1S/C38H55N5O7S/c1-23(2)31(43(6)37(47)33(27-16-17-27)41-35(46)30-15-11-12-18-42(30)5)21-32(50-25(4)44)36-40-29(22-51-36)34(45)39-28(19-24(3)38(48)49-7)20-26-13-9-8-10-14-26/h8-10,13-14,22-24,27-28,30-33H,11-12,15-21H2,1-7H3,(H,39,45)(H,41,46)/t24-,28+,30+,31+,32+,33-/m0/s1. The number of piperidine rings is 1. The first-order valence-corrected chi connectivity index (χ1v) is 19.0. The zero-order valence-electron chi connectivity index (χ0n) is 31.1. The molecule has 1 aliphatic carbocycles. The zero-order chi connectivity index (χ0) is 37.2. The van der Waals surface area contributed by atoms with Crippen LogP contribution in [0.15, 0.2) is 35.7 Å². The Balaban J connectivity index is 1.49. The minimum absolute atomic E-state index is 0.0182. The number of esters is 2. The highest BCUT2D eigenvalue weighted by Gasteiger charge is 2.42. The molecule has 2 heterocycles. The lowest BCUT2D eigenvalue weighted by Gasteiger charge is -2.37. The Hall–Kier alpha value is -3.84. The number of nitrogens with zero attached hydrogens (tertiary/aromatic N) is 3. The normalized spacial score (nSPS) is 19.3. The summed E-state index contributed by atoms with van der Waals surface area (Å²) in [7, 11) is 5.04. The molecule has 280 valence electrons.